The number of rotatable bonds is 2. The molecule has 1 aliphatic rings. The average Bonchev–Trinajstić information content (AvgIpc) is 2.15. The molecule has 0 aromatic rings. The standard InChI is InChI=1S/C13H26N2O2/c1-10(2)8-13(12(3,4)5)9-14-6-7-15(13)11(16)17/h10,14H,6-9H2,1-5H3,(H,16,17)/t13-/m1/s1. The van der Waals surface area contributed by atoms with Crippen LogP contribution in [0.2, 0.25) is 0 Å². The summed E-state index contributed by atoms with van der Waals surface area (Å²) in [5.41, 5.74) is -0.367. The van der Waals surface area contributed by atoms with Crippen LogP contribution >= 0.6 is 0 Å². The molecule has 1 atom stereocenters. The van der Waals surface area contributed by atoms with E-state index < -0.39 is 6.09 Å². The number of carbonyl (C=O) groups is 1. The van der Waals surface area contributed by atoms with Crippen molar-refractivity contribution in [2.45, 2.75) is 46.6 Å². The molecule has 1 heterocycles. The van der Waals surface area contributed by atoms with E-state index in [-0.39, 0.29) is 11.0 Å². The highest BCUT2D eigenvalue weighted by Crippen LogP contribution is 2.41. The zero-order valence-corrected chi connectivity index (χ0v) is 11.7. The van der Waals surface area contributed by atoms with Crippen LogP contribution < -0.4 is 5.32 Å². The van der Waals surface area contributed by atoms with Crippen LogP contribution in [0.1, 0.15) is 41.0 Å². The quantitative estimate of drug-likeness (QED) is 0.782. The molecule has 0 aromatic heterocycles. The molecule has 1 saturated heterocycles. The van der Waals surface area contributed by atoms with E-state index in [1.165, 1.54) is 0 Å². The maximum atomic E-state index is 11.5. The normalized spacial score (nSPS) is 26.4. The van der Waals surface area contributed by atoms with Crippen LogP contribution in [-0.4, -0.2) is 41.3 Å². The summed E-state index contributed by atoms with van der Waals surface area (Å²) in [5.74, 6) is 0.482. The van der Waals surface area contributed by atoms with Crippen LogP contribution in [0.5, 0.6) is 0 Å². The van der Waals surface area contributed by atoms with Crippen molar-refractivity contribution in [1.29, 1.82) is 0 Å². The molecule has 1 aliphatic heterocycles. The predicted octanol–water partition coefficient (Wildman–Crippen LogP) is 2.40. The van der Waals surface area contributed by atoms with Gasteiger partial charge in [-0.3, -0.25) is 4.90 Å². The van der Waals surface area contributed by atoms with Crippen molar-refractivity contribution < 1.29 is 9.90 Å². The molecule has 100 valence electrons. The van der Waals surface area contributed by atoms with Crippen LogP contribution in [0, 0.1) is 11.3 Å². The molecule has 0 unspecified atom stereocenters. The largest absolute Gasteiger partial charge is 0.465 e. The first-order valence-electron chi connectivity index (χ1n) is 6.42. The summed E-state index contributed by atoms with van der Waals surface area (Å²) in [5, 5.41) is 12.8. The number of nitrogens with zero attached hydrogens (tertiary/aromatic N) is 1. The average molecular weight is 242 g/mol. The molecule has 4 heteroatoms. The van der Waals surface area contributed by atoms with Gasteiger partial charge in [-0.25, -0.2) is 4.79 Å². The van der Waals surface area contributed by atoms with Crippen molar-refractivity contribution in [3.8, 4) is 0 Å². The summed E-state index contributed by atoms with van der Waals surface area (Å²) in [4.78, 5) is 13.2. The van der Waals surface area contributed by atoms with Gasteiger partial charge in [-0.1, -0.05) is 34.6 Å². The number of hydrogen-bond acceptors (Lipinski definition) is 2. The van der Waals surface area contributed by atoms with E-state index in [2.05, 4.69) is 39.9 Å². The summed E-state index contributed by atoms with van der Waals surface area (Å²) >= 11 is 0. The third-order valence-corrected chi connectivity index (χ3v) is 3.82. The fourth-order valence-electron chi connectivity index (χ4n) is 2.91. The van der Waals surface area contributed by atoms with Gasteiger partial charge >= 0.3 is 6.09 Å². The van der Waals surface area contributed by atoms with Crippen molar-refractivity contribution in [2.24, 2.45) is 11.3 Å². The van der Waals surface area contributed by atoms with Crippen molar-refractivity contribution in [1.82, 2.24) is 10.2 Å². The Bertz CT molecular complexity index is 284. The van der Waals surface area contributed by atoms with Crippen molar-refractivity contribution >= 4 is 6.09 Å². The van der Waals surface area contributed by atoms with Crippen LogP contribution in [0.15, 0.2) is 0 Å². The Morgan fingerprint density at radius 3 is 2.47 bits per heavy atom. The molecule has 2 N–H and O–H groups in total. The highest BCUT2D eigenvalue weighted by molar-refractivity contribution is 5.66. The molecule has 1 fully saturated rings. The third kappa shape index (κ3) is 2.73. The van der Waals surface area contributed by atoms with E-state index in [1.807, 2.05) is 0 Å². The lowest BCUT2D eigenvalue weighted by atomic mass is 9.67. The lowest BCUT2D eigenvalue weighted by molar-refractivity contribution is -0.0276. The Balaban J connectivity index is 3.12. The minimum atomic E-state index is -0.790. The van der Waals surface area contributed by atoms with Crippen LogP contribution in [-0.2, 0) is 0 Å². The number of nitrogens with one attached hydrogen (secondary N) is 1. The Labute approximate surface area is 104 Å². The zero-order valence-electron chi connectivity index (χ0n) is 11.7. The lowest BCUT2D eigenvalue weighted by Gasteiger charge is -2.54. The monoisotopic (exact) mass is 242 g/mol. The zero-order chi connectivity index (χ0) is 13.3. The van der Waals surface area contributed by atoms with Gasteiger partial charge in [0.15, 0.2) is 0 Å². The Morgan fingerprint density at radius 2 is 2.06 bits per heavy atom. The van der Waals surface area contributed by atoms with Gasteiger partial charge < -0.3 is 10.4 Å². The van der Waals surface area contributed by atoms with Crippen LogP contribution in [0.3, 0.4) is 0 Å². The minimum Gasteiger partial charge on any atom is -0.465 e. The molecule has 0 saturated carbocycles. The molecule has 0 radical (unpaired) electrons. The summed E-state index contributed by atoms with van der Waals surface area (Å²) in [6.07, 6.45) is 0.109. The minimum absolute atomic E-state index is 0.0664. The molecule has 1 amide bonds. The Kier molecular flexibility index (Phi) is 4.07. The lowest BCUT2D eigenvalue weighted by Crippen LogP contribution is -2.68. The number of hydrogen-bond donors (Lipinski definition) is 2. The highest BCUT2D eigenvalue weighted by Gasteiger charge is 2.50. The van der Waals surface area contributed by atoms with Crippen molar-refractivity contribution in [3.05, 3.63) is 0 Å². The van der Waals surface area contributed by atoms with Gasteiger partial charge in [-0.05, 0) is 17.8 Å². The van der Waals surface area contributed by atoms with E-state index >= 15 is 0 Å². The first-order valence-corrected chi connectivity index (χ1v) is 6.42. The first kappa shape index (κ1) is 14.3. The molecular weight excluding hydrogens is 216 g/mol. The third-order valence-electron chi connectivity index (χ3n) is 3.82. The topological polar surface area (TPSA) is 52.6 Å². The summed E-state index contributed by atoms with van der Waals surface area (Å²) in [7, 11) is 0. The molecule has 1 rings (SSSR count). The fraction of sp³-hybridized carbons (Fsp3) is 0.923. The molecule has 0 spiro atoms. The van der Waals surface area contributed by atoms with E-state index in [0.717, 1.165) is 19.5 Å². The van der Waals surface area contributed by atoms with Gasteiger partial charge in [0.1, 0.15) is 0 Å². The maximum Gasteiger partial charge on any atom is 0.407 e. The van der Waals surface area contributed by atoms with Crippen LogP contribution in [0.25, 0.3) is 0 Å². The van der Waals surface area contributed by atoms with E-state index in [0.29, 0.717) is 12.5 Å². The van der Waals surface area contributed by atoms with Gasteiger partial charge in [-0.15, -0.1) is 0 Å². The second-order valence-corrected chi connectivity index (χ2v) is 6.49. The molecular formula is C13H26N2O2. The molecule has 4 nitrogen and oxygen atoms in total. The Hall–Kier alpha value is -0.770. The SMILES string of the molecule is CC(C)C[C@]1(C(C)(C)C)CNCCN1C(=O)O. The summed E-state index contributed by atoms with van der Waals surface area (Å²) in [6, 6.07) is 0. The predicted molar refractivity (Wildman–Crippen MR) is 69.2 cm³/mol. The molecule has 0 aliphatic carbocycles. The number of amides is 1. The first-order chi connectivity index (χ1) is 7.71. The van der Waals surface area contributed by atoms with Gasteiger partial charge in [0, 0.05) is 19.6 Å². The van der Waals surface area contributed by atoms with Gasteiger partial charge in [-0.2, -0.15) is 0 Å². The van der Waals surface area contributed by atoms with Crippen LogP contribution in [0.4, 0.5) is 4.79 Å². The van der Waals surface area contributed by atoms with Gasteiger partial charge in [0.25, 0.3) is 0 Å². The maximum absolute atomic E-state index is 11.5. The number of piperazine rings is 1. The van der Waals surface area contributed by atoms with E-state index in [4.69, 9.17) is 0 Å². The molecule has 17 heavy (non-hydrogen) atoms. The van der Waals surface area contributed by atoms with E-state index in [9.17, 15) is 9.90 Å². The summed E-state index contributed by atoms with van der Waals surface area (Å²) in [6.45, 7) is 12.8. The van der Waals surface area contributed by atoms with Crippen molar-refractivity contribution in [3.63, 3.8) is 0 Å². The highest BCUT2D eigenvalue weighted by atomic mass is 16.4. The Morgan fingerprint density at radius 1 is 1.47 bits per heavy atom. The van der Waals surface area contributed by atoms with Crippen molar-refractivity contribution in [2.75, 3.05) is 19.6 Å². The molecule has 0 bridgehead atoms. The van der Waals surface area contributed by atoms with Gasteiger partial charge in [0.2, 0.25) is 0 Å². The molecule has 0 aromatic carbocycles. The smallest absolute Gasteiger partial charge is 0.407 e. The number of carboxylic acid groups (broad SMARTS) is 1. The second-order valence-electron chi connectivity index (χ2n) is 6.49. The van der Waals surface area contributed by atoms with E-state index in [1.54, 1.807) is 4.90 Å². The van der Waals surface area contributed by atoms with Gasteiger partial charge in [0.05, 0.1) is 5.54 Å². The fourth-order valence-corrected chi connectivity index (χ4v) is 2.91. The second kappa shape index (κ2) is 4.84. The summed E-state index contributed by atoms with van der Waals surface area (Å²) < 4.78 is 0.